The highest BCUT2D eigenvalue weighted by Crippen LogP contribution is 2.29. The summed E-state index contributed by atoms with van der Waals surface area (Å²) in [5, 5.41) is 0. The summed E-state index contributed by atoms with van der Waals surface area (Å²) in [4.78, 5) is 10.5. The van der Waals surface area contributed by atoms with Crippen molar-refractivity contribution in [1.82, 2.24) is 14.9 Å². The van der Waals surface area contributed by atoms with Crippen molar-refractivity contribution in [3.8, 4) is 0 Å². The number of hydrogen-bond acceptors (Lipinski definition) is 4. The van der Waals surface area contributed by atoms with E-state index in [1.54, 1.807) is 11.3 Å². The summed E-state index contributed by atoms with van der Waals surface area (Å²) in [5.41, 5.74) is 1.30. The molecule has 2 aromatic heterocycles. The van der Waals surface area contributed by atoms with Crippen LogP contribution in [0.4, 0.5) is 13.2 Å². The maximum Gasteiger partial charge on any atom is 0.451 e. The van der Waals surface area contributed by atoms with E-state index in [-0.39, 0.29) is 0 Å². The van der Waals surface area contributed by atoms with E-state index in [1.807, 2.05) is 12.1 Å². The second-order valence-electron chi connectivity index (χ2n) is 4.83. The van der Waals surface area contributed by atoms with Crippen molar-refractivity contribution in [3.63, 3.8) is 0 Å². The van der Waals surface area contributed by atoms with E-state index in [2.05, 4.69) is 30.8 Å². The molecule has 0 bridgehead atoms. The summed E-state index contributed by atoms with van der Waals surface area (Å²) >= 11 is 5.09. The Balaban J connectivity index is 1.74. The minimum atomic E-state index is -4.48. The van der Waals surface area contributed by atoms with Crippen molar-refractivity contribution in [2.45, 2.75) is 25.7 Å². The Labute approximate surface area is 132 Å². The summed E-state index contributed by atoms with van der Waals surface area (Å²) in [6, 6.07) is 4.05. The van der Waals surface area contributed by atoms with Gasteiger partial charge in [-0.1, -0.05) is 0 Å². The zero-order valence-electron chi connectivity index (χ0n) is 10.8. The van der Waals surface area contributed by atoms with Crippen LogP contribution >= 0.6 is 27.3 Å². The van der Waals surface area contributed by atoms with E-state index >= 15 is 0 Å². The van der Waals surface area contributed by atoms with Gasteiger partial charge in [-0.25, -0.2) is 9.97 Å². The van der Waals surface area contributed by atoms with Crippen molar-refractivity contribution in [3.05, 3.63) is 44.1 Å². The molecule has 21 heavy (non-hydrogen) atoms. The molecule has 8 heteroatoms. The van der Waals surface area contributed by atoms with Crippen LogP contribution in [0, 0.1) is 0 Å². The van der Waals surface area contributed by atoms with Crippen LogP contribution in [0.25, 0.3) is 0 Å². The average Bonchev–Trinajstić information content (AvgIpc) is 2.82. The number of rotatable bonds is 2. The molecule has 0 saturated heterocycles. The standard InChI is InChI=1S/C13H11BrF3N3S/c14-11-2-1-9(21-11)7-20-4-3-10-8(6-20)5-18-12(19-10)13(15,16)17/h1-2,5H,3-4,6-7H2. The summed E-state index contributed by atoms with van der Waals surface area (Å²) in [6.07, 6.45) is -2.65. The predicted molar refractivity (Wildman–Crippen MR) is 76.9 cm³/mol. The van der Waals surface area contributed by atoms with Gasteiger partial charge in [-0.05, 0) is 28.1 Å². The molecular weight excluding hydrogens is 367 g/mol. The number of halogens is 4. The Morgan fingerprint density at radius 2 is 2.14 bits per heavy atom. The fourth-order valence-electron chi connectivity index (χ4n) is 2.30. The Bertz CT molecular complexity index is 656. The lowest BCUT2D eigenvalue weighted by Gasteiger charge is -2.27. The van der Waals surface area contributed by atoms with Gasteiger partial charge < -0.3 is 0 Å². The molecule has 112 valence electrons. The molecule has 0 N–H and O–H groups in total. The lowest BCUT2D eigenvalue weighted by atomic mass is 10.1. The fourth-order valence-corrected chi connectivity index (χ4v) is 3.83. The maximum absolute atomic E-state index is 12.6. The third kappa shape index (κ3) is 3.44. The average molecular weight is 378 g/mol. The zero-order chi connectivity index (χ0) is 15.0. The van der Waals surface area contributed by atoms with Gasteiger partial charge in [0.1, 0.15) is 0 Å². The quantitative estimate of drug-likeness (QED) is 0.795. The summed E-state index contributed by atoms with van der Waals surface area (Å²) < 4.78 is 38.8. The third-order valence-electron chi connectivity index (χ3n) is 3.27. The highest BCUT2D eigenvalue weighted by Gasteiger charge is 2.35. The summed E-state index contributed by atoms with van der Waals surface area (Å²) in [6.45, 7) is 2.08. The van der Waals surface area contributed by atoms with Crippen molar-refractivity contribution >= 4 is 27.3 Å². The first kappa shape index (κ1) is 14.9. The molecule has 1 aliphatic heterocycles. The summed E-state index contributed by atoms with van der Waals surface area (Å²) in [5.74, 6) is -1.04. The number of nitrogens with zero attached hydrogens (tertiary/aromatic N) is 3. The molecule has 0 unspecified atom stereocenters. The van der Waals surface area contributed by atoms with Crippen LogP contribution in [0.15, 0.2) is 22.1 Å². The SMILES string of the molecule is FC(F)(F)c1ncc2c(n1)CCN(Cc1ccc(Br)s1)C2. The van der Waals surface area contributed by atoms with Crippen LogP contribution in [-0.4, -0.2) is 21.4 Å². The minimum absolute atomic E-state index is 0.515. The van der Waals surface area contributed by atoms with Gasteiger partial charge in [0, 0.05) is 42.7 Å². The third-order valence-corrected chi connectivity index (χ3v) is 4.88. The summed E-state index contributed by atoms with van der Waals surface area (Å²) in [7, 11) is 0. The fraction of sp³-hybridized carbons (Fsp3) is 0.385. The van der Waals surface area contributed by atoms with Crippen molar-refractivity contribution in [2.24, 2.45) is 0 Å². The second-order valence-corrected chi connectivity index (χ2v) is 7.38. The lowest BCUT2D eigenvalue weighted by molar-refractivity contribution is -0.145. The van der Waals surface area contributed by atoms with Gasteiger partial charge in [0.25, 0.3) is 0 Å². The Hall–Kier alpha value is -0.990. The smallest absolute Gasteiger partial charge is 0.293 e. The van der Waals surface area contributed by atoms with Crippen LogP contribution < -0.4 is 0 Å². The molecule has 3 nitrogen and oxygen atoms in total. The molecular formula is C13H11BrF3N3S. The predicted octanol–water partition coefficient (Wildman–Crippen LogP) is 3.88. The molecule has 0 aromatic carbocycles. The van der Waals surface area contributed by atoms with Gasteiger partial charge in [0.2, 0.25) is 5.82 Å². The minimum Gasteiger partial charge on any atom is -0.293 e. The van der Waals surface area contributed by atoms with E-state index < -0.39 is 12.0 Å². The number of fused-ring (bicyclic) bond motifs is 1. The molecule has 3 rings (SSSR count). The molecule has 0 fully saturated rings. The molecule has 0 amide bonds. The van der Waals surface area contributed by atoms with E-state index in [4.69, 9.17) is 0 Å². The van der Waals surface area contributed by atoms with Crippen LogP contribution in [0.1, 0.15) is 22.0 Å². The van der Waals surface area contributed by atoms with E-state index in [1.165, 1.54) is 11.1 Å². The van der Waals surface area contributed by atoms with Crippen LogP contribution in [0.2, 0.25) is 0 Å². The molecule has 0 aliphatic carbocycles. The molecule has 0 radical (unpaired) electrons. The highest BCUT2D eigenvalue weighted by molar-refractivity contribution is 9.11. The molecule has 1 aliphatic rings. The molecule has 0 spiro atoms. The van der Waals surface area contributed by atoms with Crippen LogP contribution in [0.5, 0.6) is 0 Å². The van der Waals surface area contributed by atoms with Crippen LogP contribution in [0.3, 0.4) is 0 Å². The highest BCUT2D eigenvalue weighted by atomic mass is 79.9. The van der Waals surface area contributed by atoms with E-state index in [9.17, 15) is 13.2 Å². The normalized spacial score (nSPS) is 16.0. The van der Waals surface area contributed by atoms with Gasteiger partial charge >= 0.3 is 6.18 Å². The molecule has 0 atom stereocenters. The first-order valence-corrected chi connectivity index (χ1v) is 7.91. The molecule has 0 saturated carbocycles. The number of alkyl halides is 3. The second kappa shape index (κ2) is 5.66. The maximum atomic E-state index is 12.6. The van der Waals surface area contributed by atoms with Crippen LogP contribution in [-0.2, 0) is 25.7 Å². The Kier molecular flexibility index (Phi) is 4.02. The van der Waals surface area contributed by atoms with Crippen molar-refractivity contribution in [2.75, 3.05) is 6.54 Å². The Morgan fingerprint density at radius 1 is 1.33 bits per heavy atom. The number of hydrogen-bond donors (Lipinski definition) is 0. The molecule has 3 heterocycles. The lowest BCUT2D eigenvalue weighted by Crippen LogP contribution is -2.31. The van der Waals surface area contributed by atoms with Gasteiger partial charge in [-0.2, -0.15) is 13.2 Å². The first-order valence-electron chi connectivity index (χ1n) is 6.30. The largest absolute Gasteiger partial charge is 0.451 e. The van der Waals surface area contributed by atoms with Gasteiger partial charge in [-0.3, -0.25) is 4.90 Å². The zero-order valence-corrected chi connectivity index (χ0v) is 13.2. The Morgan fingerprint density at radius 3 is 2.81 bits per heavy atom. The van der Waals surface area contributed by atoms with Gasteiger partial charge in [-0.15, -0.1) is 11.3 Å². The topological polar surface area (TPSA) is 29.0 Å². The number of aromatic nitrogens is 2. The van der Waals surface area contributed by atoms with Gasteiger partial charge in [0.15, 0.2) is 0 Å². The van der Waals surface area contributed by atoms with Crippen molar-refractivity contribution < 1.29 is 13.2 Å². The van der Waals surface area contributed by atoms with E-state index in [0.29, 0.717) is 25.2 Å². The monoisotopic (exact) mass is 377 g/mol. The molecule has 2 aromatic rings. The van der Waals surface area contributed by atoms with E-state index in [0.717, 1.165) is 15.9 Å². The van der Waals surface area contributed by atoms with Crippen molar-refractivity contribution in [1.29, 1.82) is 0 Å². The van der Waals surface area contributed by atoms with Gasteiger partial charge in [0.05, 0.1) is 9.48 Å². The number of thiophene rings is 1. The first-order chi connectivity index (χ1) is 9.91.